The molecule has 0 saturated carbocycles. The summed E-state index contributed by atoms with van der Waals surface area (Å²) in [6.45, 7) is 1.43. The Morgan fingerprint density at radius 2 is 1.94 bits per heavy atom. The van der Waals surface area contributed by atoms with Crippen LogP contribution < -0.4 is 16.0 Å². The van der Waals surface area contributed by atoms with Gasteiger partial charge >= 0.3 is 5.69 Å². The molecule has 6 nitrogen and oxygen atoms in total. The zero-order valence-corrected chi connectivity index (χ0v) is 9.93. The van der Waals surface area contributed by atoms with E-state index in [4.69, 9.17) is 4.74 Å². The maximum Gasteiger partial charge on any atom is 0.335 e. The third-order valence-electron chi connectivity index (χ3n) is 2.64. The van der Waals surface area contributed by atoms with E-state index in [1.807, 2.05) is 0 Å². The minimum absolute atomic E-state index is 0.0699. The van der Waals surface area contributed by atoms with Crippen LogP contribution in [0.1, 0.15) is 5.56 Å². The highest BCUT2D eigenvalue weighted by Gasteiger charge is 2.14. The number of ether oxygens (including phenoxy) is 1. The highest BCUT2D eigenvalue weighted by atomic mass is 16.5. The molecule has 2 aromatic rings. The van der Waals surface area contributed by atoms with Crippen LogP contribution in [0.25, 0.3) is 5.69 Å². The van der Waals surface area contributed by atoms with Gasteiger partial charge in [-0.1, -0.05) is 12.1 Å². The highest BCUT2D eigenvalue weighted by Crippen LogP contribution is 2.24. The van der Waals surface area contributed by atoms with Gasteiger partial charge in [-0.25, -0.2) is 9.36 Å². The van der Waals surface area contributed by atoms with E-state index in [9.17, 15) is 14.7 Å². The van der Waals surface area contributed by atoms with Gasteiger partial charge in [0, 0.05) is 0 Å². The summed E-state index contributed by atoms with van der Waals surface area (Å²) in [7, 11) is 1.46. The standard InChI is InChI=1S/C12H12N2O4/c1-7-10(15)13-12(17)14(11(7)16)8-5-3-4-6-9(8)18-2/h3-6,16H,1-2H3,(H,13,15,17). The van der Waals surface area contributed by atoms with Gasteiger partial charge in [-0.2, -0.15) is 0 Å². The van der Waals surface area contributed by atoms with Crippen LogP contribution in [0.5, 0.6) is 11.6 Å². The summed E-state index contributed by atoms with van der Waals surface area (Å²) in [4.78, 5) is 25.2. The first-order valence-electron chi connectivity index (χ1n) is 5.24. The molecule has 2 rings (SSSR count). The van der Waals surface area contributed by atoms with Crippen molar-refractivity contribution >= 4 is 0 Å². The minimum Gasteiger partial charge on any atom is -0.495 e. The van der Waals surface area contributed by atoms with E-state index in [0.717, 1.165) is 4.57 Å². The Bertz CT molecular complexity index is 700. The van der Waals surface area contributed by atoms with E-state index in [1.165, 1.54) is 14.0 Å². The summed E-state index contributed by atoms with van der Waals surface area (Å²) < 4.78 is 6.11. The second-order valence-corrected chi connectivity index (χ2v) is 3.72. The molecule has 0 atom stereocenters. The molecule has 0 aliphatic heterocycles. The molecular weight excluding hydrogens is 236 g/mol. The molecule has 0 fully saturated rings. The van der Waals surface area contributed by atoms with E-state index in [0.29, 0.717) is 11.4 Å². The van der Waals surface area contributed by atoms with Gasteiger partial charge in [0.25, 0.3) is 5.56 Å². The Labute approximate surface area is 102 Å². The fraction of sp³-hybridized carbons (Fsp3) is 0.167. The Morgan fingerprint density at radius 1 is 1.28 bits per heavy atom. The third-order valence-corrected chi connectivity index (χ3v) is 2.64. The highest BCUT2D eigenvalue weighted by molar-refractivity contribution is 5.49. The molecule has 0 radical (unpaired) electrons. The number of aromatic hydroxyl groups is 1. The predicted molar refractivity (Wildman–Crippen MR) is 65.6 cm³/mol. The number of nitrogens with one attached hydrogen (secondary N) is 1. The van der Waals surface area contributed by atoms with Crippen LogP contribution in [-0.2, 0) is 0 Å². The van der Waals surface area contributed by atoms with Crippen molar-refractivity contribution < 1.29 is 9.84 Å². The topological polar surface area (TPSA) is 84.3 Å². The molecule has 1 aromatic carbocycles. The number of hydrogen-bond acceptors (Lipinski definition) is 4. The van der Waals surface area contributed by atoms with Crippen LogP contribution >= 0.6 is 0 Å². The lowest BCUT2D eigenvalue weighted by molar-refractivity contribution is 0.400. The van der Waals surface area contributed by atoms with Crippen molar-refractivity contribution in [3.05, 3.63) is 50.7 Å². The van der Waals surface area contributed by atoms with Crippen molar-refractivity contribution in [2.75, 3.05) is 7.11 Å². The summed E-state index contributed by atoms with van der Waals surface area (Å²) >= 11 is 0. The van der Waals surface area contributed by atoms with Crippen molar-refractivity contribution in [2.24, 2.45) is 0 Å². The number of aromatic amines is 1. The maximum atomic E-state index is 11.8. The van der Waals surface area contributed by atoms with Crippen LogP contribution in [0.2, 0.25) is 0 Å². The van der Waals surface area contributed by atoms with Crippen molar-refractivity contribution in [3.8, 4) is 17.3 Å². The second kappa shape index (κ2) is 4.40. The molecule has 0 saturated heterocycles. The number of aromatic nitrogens is 2. The van der Waals surface area contributed by atoms with Gasteiger partial charge in [0.05, 0.1) is 18.4 Å². The van der Waals surface area contributed by atoms with E-state index in [2.05, 4.69) is 4.98 Å². The lowest BCUT2D eigenvalue weighted by atomic mass is 10.2. The van der Waals surface area contributed by atoms with Gasteiger partial charge in [-0.05, 0) is 19.1 Å². The first-order chi connectivity index (χ1) is 8.56. The fourth-order valence-electron chi connectivity index (χ4n) is 1.65. The van der Waals surface area contributed by atoms with Crippen molar-refractivity contribution in [2.45, 2.75) is 6.92 Å². The Morgan fingerprint density at radius 3 is 2.61 bits per heavy atom. The molecule has 0 amide bonds. The summed E-state index contributed by atoms with van der Waals surface area (Å²) in [5.41, 5.74) is -0.890. The molecule has 18 heavy (non-hydrogen) atoms. The Hall–Kier alpha value is -2.50. The summed E-state index contributed by atoms with van der Waals surface area (Å²) in [6, 6.07) is 6.70. The molecule has 6 heteroatoms. The lowest BCUT2D eigenvalue weighted by Crippen LogP contribution is -2.30. The normalized spacial score (nSPS) is 10.3. The smallest absolute Gasteiger partial charge is 0.335 e. The molecule has 2 N–H and O–H groups in total. The minimum atomic E-state index is -0.715. The fourth-order valence-corrected chi connectivity index (χ4v) is 1.65. The molecule has 0 bridgehead atoms. The molecule has 0 unspecified atom stereocenters. The number of nitrogens with zero attached hydrogens (tertiary/aromatic N) is 1. The van der Waals surface area contributed by atoms with Crippen LogP contribution in [0, 0.1) is 6.92 Å². The molecule has 0 aliphatic rings. The van der Waals surface area contributed by atoms with Gasteiger partial charge in [0.1, 0.15) is 5.75 Å². The van der Waals surface area contributed by atoms with Crippen molar-refractivity contribution in [1.29, 1.82) is 0 Å². The largest absolute Gasteiger partial charge is 0.495 e. The summed E-state index contributed by atoms with van der Waals surface area (Å²) in [6.07, 6.45) is 0. The Balaban J connectivity index is 2.84. The number of methoxy groups -OCH3 is 1. The van der Waals surface area contributed by atoms with E-state index in [1.54, 1.807) is 24.3 Å². The molecule has 94 valence electrons. The summed E-state index contributed by atoms with van der Waals surface area (Å²) in [5.74, 6) is 0.0228. The molecule has 1 aromatic heterocycles. The van der Waals surface area contributed by atoms with Crippen LogP contribution in [0.3, 0.4) is 0 Å². The zero-order chi connectivity index (χ0) is 13.3. The van der Waals surface area contributed by atoms with E-state index < -0.39 is 17.1 Å². The Kier molecular flexibility index (Phi) is 2.93. The quantitative estimate of drug-likeness (QED) is 0.812. The first kappa shape index (κ1) is 12.0. The maximum absolute atomic E-state index is 11.8. The van der Waals surface area contributed by atoms with E-state index >= 15 is 0 Å². The number of rotatable bonds is 2. The zero-order valence-electron chi connectivity index (χ0n) is 9.93. The second-order valence-electron chi connectivity index (χ2n) is 3.72. The van der Waals surface area contributed by atoms with Gasteiger partial charge in [-0.3, -0.25) is 9.78 Å². The molecule has 0 aliphatic carbocycles. The molecular formula is C12H12N2O4. The third kappa shape index (κ3) is 1.77. The van der Waals surface area contributed by atoms with Crippen molar-refractivity contribution in [3.63, 3.8) is 0 Å². The van der Waals surface area contributed by atoms with Gasteiger partial charge in [-0.15, -0.1) is 0 Å². The molecule has 0 spiro atoms. The van der Waals surface area contributed by atoms with E-state index in [-0.39, 0.29) is 5.56 Å². The molecule has 1 heterocycles. The van der Waals surface area contributed by atoms with Crippen molar-refractivity contribution in [1.82, 2.24) is 9.55 Å². The number of H-pyrrole nitrogens is 1. The van der Waals surface area contributed by atoms with Gasteiger partial charge in [0.15, 0.2) is 0 Å². The van der Waals surface area contributed by atoms with Crippen LogP contribution in [0.15, 0.2) is 33.9 Å². The van der Waals surface area contributed by atoms with Gasteiger partial charge in [0.2, 0.25) is 5.88 Å². The predicted octanol–water partition coefficient (Wildman–Crippen LogP) is 0.548. The van der Waals surface area contributed by atoms with Crippen LogP contribution in [-0.4, -0.2) is 21.8 Å². The average molecular weight is 248 g/mol. The number of para-hydroxylation sites is 2. The number of hydrogen-bond donors (Lipinski definition) is 2. The SMILES string of the molecule is COc1ccccc1-n1c(O)c(C)c(=O)[nH]c1=O. The summed E-state index contributed by atoms with van der Waals surface area (Å²) in [5, 5.41) is 9.92. The van der Waals surface area contributed by atoms with Crippen LogP contribution in [0.4, 0.5) is 0 Å². The van der Waals surface area contributed by atoms with Gasteiger partial charge < -0.3 is 9.84 Å². The average Bonchev–Trinajstić information content (AvgIpc) is 2.37. The number of benzene rings is 1. The monoisotopic (exact) mass is 248 g/mol. The lowest BCUT2D eigenvalue weighted by Gasteiger charge is -2.12. The first-order valence-corrected chi connectivity index (χ1v) is 5.24.